The molecule has 0 bridgehead atoms. The van der Waals surface area contributed by atoms with Crippen molar-refractivity contribution in [3.8, 4) is 0 Å². The molecule has 0 aliphatic rings. The lowest BCUT2D eigenvalue weighted by molar-refractivity contribution is -0.173. The summed E-state index contributed by atoms with van der Waals surface area (Å²) < 4.78 is 11.1. The molecule has 1 rings (SSSR count). The lowest BCUT2D eigenvalue weighted by atomic mass is 9.77. The second-order valence-corrected chi connectivity index (χ2v) is 7.18. The highest BCUT2D eigenvalue weighted by Gasteiger charge is 2.48. The number of unbranched alkanes of at least 4 members (excludes halogenated alkanes) is 4. The summed E-state index contributed by atoms with van der Waals surface area (Å²) in [7, 11) is 0. The van der Waals surface area contributed by atoms with Gasteiger partial charge in [0.1, 0.15) is 0 Å². The van der Waals surface area contributed by atoms with Crippen molar-refractivity contribution < 1.29 is 19.1 Å². The van der Waals surface area contributed by atoms with Gasteiger partial charge >= 0.3 is 11.9 Å². The minimum absolute atomic E-state index is 0.320. The maximum absolute atomic E-state index is 13.0. The van der Waals surface area contributed by atoms with E-state index in [0.717, 1.165) is 44.1 Å². The lowest BCUT2D eigenvalue weighted by Gasteiger charge is -2.29. The Morgan fingerprint density at radius 2 is 1.30 bits per heavy atom. The first-order chi connectivity index (χ1) is 13.1. The Bertz CT molecular complexity index is 515. The van der Waals surface area contributed by atoms with Crippen LogP contribution in [0, 0.1) is 5.41 Å². The van der Waals surface area contributed by atoms with Crippen molar-refractivity contribution in [2.75, 3.05) is 13.2 Å². The van der Waals surface area contributed by atoms with Crippen LogP contribution in [-0.2, 0) is 25.5 Å². The molecule has 0 amide bonds. The number of esters is 2. The first-order valence-electron chi connectivity index (χ1n) is 10.5. The van der Waals surface area contributed by atoms with Crippen LogP contribution >= 0.6 is 0 Å². The highest BCUT2D eigenvalue weighted by molar-refractivity contribution is 6.00. The Morgan fingerprint density at radius 1 is 0.778 bits per heavy atom. The van der Waals surface area contributed by atoms with Crippen LogP contribution in [-0.4, -0.2) is 25.2 Å². The first kappa shape index (κ1) is 23.2. The molecule has 1 aromatic carbocycles. The molecule has 0 aromatic heterocycles. The second-order valence-electron chi connectivity index (χ2n) is 7.18. The normalized spacial score (nSPS) is 11.2. The van der Waals surface area contributed by atoms with Crippen LogP contribution in [0.3, 0.4) is 0 Å². The lowest BCUT2D eigenvalue weighted by Crippen LogP contribution is -2.44. The van der Waals surface area contributed by atoms with Gasteiger partial charge in [0.05, 0.1) is 13.2 Å². The minimum Gasteiger partial charge on any atom is -0.465 e. The van der Waals surface area contributed by atoms with Crippen molar-refractivity contribution in [2.24, 2.45) is 5.41 Å². The summed E-state index contributed by atoms with van der Waals surface area (Å²) in [4.78, 5) is 26.1. The molecule has 4 heteroatoms. The molecule has 0 aliphatic carbocycles. The summed E-state index contributed by atoms with van der Waals surface area (Å²) in [5.74, 6) is -0.880. The van der Waals surface area contributed by atoms with E-state index in [1.54, 1.807) is 0 Å². The number of rotatable bonds is 14. The number of hydrogen-bond donors (Lipinski definition) is 0. The molecule has 0 saturated heterocycles. The molecule has 0 saturated carbocycles. The van der Waals surface area contributed by atoms with Gasteiger partial charge in [0, 0.05) is 0 Å². The van der Waals surface area contributed by atoms with Gasteiger partial charge in [-0.15, -0.1) is 0 Å². The highest BCUT2D eigenvalue weighted by Crippen LogP contribution is 2.33. The van der Waals surface area contributed by atoms with E-state index in [4.69, 9.17) is 9.47 Å². The van der Waals surface area contributed by atoms with Gasteiger partial charge in [0.25, 0.3) is 0 Å². The van der Waals surface area contributed by atoms with Gasteiger partial charge in [-0.05, 0) is 31.2 Å². The number of ether oxygens (including phenoxy) is 2. The fraction of sp³-hybridized carbons (Fsp3) is 0.652. The van der Waals surface area contributed by atoms with Crippen LogP contribution < -0.4 is 0 Å². The molecule has 0 radical (unpaired) electrons. The Labute approximate surface area is 164 Å². The summed E-state index contributed by atoms with van der Waals surface area (Å²) >= 11 is 0. The molecule has 0 fully saturated rings. The third kappa shape index (κ3) is 7.74. The predicted octanol–water partition coefficient (Wildman–Crippen LogP) is 5.48. The van der Waals surface area contributed by atoms with Crippen LogP contribution in [0.2, 0.25) is 0 Å². The summed E-state index contributed by atoms with van der Waals surface area (Å²) in [5.41, 5.74) is -0.309. The highest BCUT2D eigenvalue weighted by atomic mass is 16.6. The molecular weight excluding hydrogens is 340 g/mol. The van der Waals surface area contributed by atoms with Gasteiger partial charge in [-0.3, -0.25) is 9.59 Å². The van der Waals surface area contributed by atoms with Crippen LogP contribution in [0.25, 0.3) is 0 Å². The van der Waals surface area contributed by atoms with Crippen LogP contribution in [0.4, 0.5) is 0 Å². The van der Waals surface area contributed by atoms with Crippen molar-refractivity contribution in [2.45, 2.75) is 78.6 Å². The van der Waals surface area contributed by atoms with Crippen molar-refractivity contribution in [1.82, 2.24) is 0 Å². The van der Waals surface area contributed by atoms with Gasteiger partial charge < -0.3 is 9.47 Å². The second kappa shape index (κ2) is 13.3. The van der Waals surface area contributed by atoms with Crippen molar-refractivity contribution in [3.63, 3.8) is 0 Å². The van der Waals surface area contributed by atoms with E-state index in [9.17, 15) is 9.59 Å². The number of carbonyl (C=O) groups is 2. The number of benzene rings is 1. The predicted molar refractivity (Wildman–Crippen MR) is 108 cm³/mol. The topological polar surface area (TPSA) is 52.6 Å². The van der Waals surface area contributed by atoms with Gasteiger partial charge in [0.2, 0.25) is 0 Å². The molecular formula is C23H36O4. The number of carbonyl (C=O) groups excluding carboxylic acids is 2. The Kier molecular flexibility index (Phi) is 11.5. The maximum Gasteiger partial charge on any atom is 0.323 e. The Morgan fingerprint density at radius 3 is 1.74 bits per heavy atom. The molecule has 0 spiro atoms. The fourth-order valence-electron chi connectivity index (χ4n) is 3.20. The zero-order valence-electron chi connectivity index (χ0n) is 17.3. The van der Waals surface area contributed by atoms with Crippen molar-refractivity contribution in [3.05, 3.63) is 35.9 Å². The third-order valence-electron chi connectivity index (χ3n) is 4.77. The summed E-state index contributed by atoms with van der Waals surface area (Å²) in [5, 5.41) is 0. The van der Waals surface area contributed by atoms with E-state index >= 15 is 0 Å². The molecule has 0 heterocycles. The number of hydrogen-bond acceptors (Lipinski definition) is 4. The quantitative estimate of drug-likeness (QED) is 0.245. The van der Waals surface area contributed by atoms with E-state index in [1.807, 2.05) is 37.3 Å². The molecule has 0 unspecified atom stereocenters. The summed E-state index contributed by atoms with van der Waals surface area (Å²) in [6, 6.07) is 9.66. The first-order valence-corrected chi connectivity index (χ1v) is 10.5. The van der Waals surface area contributed by atoms with Gasteiger partial charge in [-0.2, -0.15) is 0 Å². The molecule has 152 valence electrons. The molecule has 4 nitrogen and oxygen atoms in total. The largest absolute Gasteiger partial charge is 0.465 e. The van der Waals surface area contributed by atoms with Gasteiger partial charge in [-0.25, -0.2) is 0 Å². The molecule has 0 N–H and O–H groups in total. The molecule has 0 atom stereocenters. The minimum atomic E-state index is -1.26. The molecule has 27 heavy (non-hydrogen) atoms. The van der Waals surface area contributed by atoms with Crippen LogP contribution in [0.15, 0.2) is 30.3 Å². The van der Waals surface area contributed by atoms with Crippen molar-refractivity contribution >= 4 is 11.9 Å². The van der Waals surface area contributed by atoms with Gasteiger partial charge in [-0.1, -0.05) is 83.2 Å². The standard InChI is InChI=1S/C23H36O4/c1-4-7-12-17-26-21(24)23(16-6-3,19-20-14-10-9-11-15-20)22(25)27-18-13-8-5-2/h9-11,14-15H,4-8,12-13,16-19H2,1-3H3. The van der Waals surface area contributed by atoms with E-state index in [-0.39, 0.29) is 0 Å². The SMILES string of the molecule is CCCCCOC(=O)C(CCC)(Cc1ccccc1)C(=O)OCCCCC. The van der Waals surface area contributed by atoms with Crippen LogP contribution in [0.1, 0.15) is 77.7 Å². The van der Waals surface area contributed by atoms with Crippen molar-refractivity contribution in [1.29, 1.82) is 0 Å². The third-order valence-corrected chi connectivity index (χ3v) is 4.77. The average Bonchev–Trinajstić information content (AvgIpc) is 2.68. The summed E-state index contributed by atoms with van der Waals surface area (Å²) in [6.45, 7) is 6.90. The van der Waals surface area contributed by atoms with E-state index < -0.39 is 17.4 Å². The zero-order valence-corrected chi connectivity index (χ0v) is 17.3. The Balaban J connectivity index is 2.97. The zero-order chi connectivity index (χ0) is 20.0. The maximum atomic E-state index is 13.0. The van der Waals surface area contributed by atoms with E-state index in [1.165, 1.54) is 0 Å². The molecule has 0 aliphatic heterocycles. The average molecular weight is 377 g/mol. The monoisotopic (exact) mass is 376 g/mol. The summed E-state index contributed by atoms with van der Waals surface area (Å²) in [6.07, 6.45) is 7.23. The fourth-order valence-corrected chi connectivity index (χ4v) is 3.20. The Hall–Kier alpha value is -1.84. The van der Waals surface area contributed by atoms with Gasteiger partial charge in [0.15, 0.2) is 5.41 Å². The van der Waals surface area contributed by atoms with E-state index in [2.05, 4.69) is 13.8 Å². The smallest absolute Gasteiger partial charge is 0.323 e. The molecule has 1 aromatic rings. The van der Waals surface area contributed by atoms with E-state index in [0.29, 0.717) is 32.5 Å². The van der Waals surface area contributed by atoms with Crippen LogP contribution in [0.5, 0.6) is 0 Å².